The lowest BCUT2D eigenvalue weighted by molar-refractivity contribution is 0.0635. The van der Waals surface area contributed by atoms with Crippen LogP contribution in [0.3, 0.4) is 0 Å². The number of carbonyl (C=O) groups is 1. The Morgan fingerprint density at radius 2 is 2.05 bits per heavy atom. The first-order valence-electron chi connectivity index (χ1n) is 7.62. The lowest BCUT2D eigenvalue weighted by atomic mass is 10.1. The number of hydrogen-bond acceptors (Lipinski definition) is 4. The lowest BCUT2D eigenvalue weighted by Crippen LogP contribution is -2.27. The molecule has 0 atom stereocenters. The molecule has 1 aliphatic carbocycles. The molecule has 1 amide bonds. The van der Waals surface area contributed by atoms with E-state index in [2.05, 4.69) is 15.6 Å². The van der Waals surface area contributed by atoms with Gasteiger partial charge < -0.3 is 10.1 Å². The summed E-state index contributed by atoms with van der Waals surface area (Å²) in [5.41, 5.74) is 0.476. The summed E-state index contributed by atoms with van der Waals surface area (Å²) in [6, 6.07) is 3.70. The quantitative estimate of drug-likeness (QED) is 0.879. The van der Waals surface area contributed by atoms with Gasteiger partial charge in [0.25, 0.3) is 0 Å². The molecule has 1 heterocycles. The van der Waals surface area contributed by atoms with Gasteiger partial charge in [0.2, 0.25) is 0 Å². The molecule has 1 aliphatic rings. The first-order valence-corrected chi connectivity index (χ1v) is 7.62. The second kappa shape index (κ2) is 6.78. The van der Waals surface area contributed by atoms with Crippen molar-refractivity contribution in [3.05, 3.63) is 18.3 Å². The second-order valence-corrected chi connectivity index (χ2v) is 6.59. The highest BCUT2D eigenvalue weighted by Gasteiger charge is 2.17. The Labute approximate surface area is 126 Å². The normalized spacial score (nSPS) is 15.8. The van der Waals surface area contributed by atoms with Gasteiger partial charge in [0.1, 0.15) is 11.4 Å². The van der Waals surface area contributed by atoms with Crippen LogP contribution in [0.4, 0.5) is 16.3 Å². The Balaban J connectivity index is 1.79. The van der Waals surface area contributed by atoms with Crippen LogP contribution in [-0.4, -0.2) is 23.2 Å². The molecule has 1 fully saturated rings. The van der Waals surface area contributed by atoms with Gasteiger partial charge in [0.15, 0.2) is 0 Å². The van der Waals surface area contributed by atoms with Gasteiger partial charge >= 0.3 is 6.09 Å². The monoisotopic (exact) mass is 291 g/mol. The van der Waals surface area contributed by atoms with Crippen LogP contribution < -0.4 is 10.6 Å². The standard InChI is InChI=1S/C16H25N3O2/c1-16(2,3)21-15(20)19-14-9-8-13(11-18-14)17-10-12-6-4-5-7-12/h8-9,11-12,17H,4-7,10H2,1-3H3,(H,18,19,20). The zero-order valence-electron chi connectivity index (χ0n) is 13.1. The van der Waals surface area contributed by atoms with Crippen LogP contribution in [-0.2, 0) is 4.74 Å². The minimum Gasteiger partial charge on any atom is -0.444 e. The van der Waals surface area contributed by atoms with E-state index >= 15 is 0 Å². The van der Waals surface area contributed by atoms with E-state index in [4.69, 9.17) is 4.74 Å². The first kappa shape index (κ1) is 15.6. The van der Waals surface area contributed by atoms with Crippen molar-refractivity contribution in [1.29, 1.82) is 0 Å². The number of aromatic nitrogens is 1. The fraction of sp³-hybridized carbons (Fsp3) is 0.625. The summed E-state index contributed by atoms with van der Waals surface area (Å²) in [5.74, 6) is 1.28. The van der Waals surface area contributed by atoms with Gasteiger partial charge in [-0.15, -0.1) is 0 Å². The minimum atomic E-state index is -0.507. The summed E-state index contributed by atoms with van der Waals surface area (Å²) in [6.07, 6.45) is 6.59. The Morgan fingerprint density at radius 1 is 1.33 bits per heavy atom. The molecule has 0 bridgehead atoms. The SMILES string of the molecule is CC(C)(C)OC(=O)Nc1ccc(NCC2CCCC2)cn1. The molecular weight excluding hydrogens is 266 g/mol. The third kappa shape index (κ3) is 5.61. The lowest BCUT2D eigenvalue weighted by Gasteiger charge is -2.19. The van der Waals surface area contributed by atoms with E-state index < -0.39 is 11.7 Å². The van der Waals surface area contributed by atoms with Crippen LogP contribution >= 0.6 is 0 Å². The van der Waals surface area contributed by atoms with Crippen molar-refractivity contribution < 1.29 is 9.53 Å². The molecule has 2 N–H and O–H groups in total. The fourth-order valence-electron chi connectivity index (χ4n) is 2.46. The zero-order valence-corrected chi connectivity index (χ0v) is 13.1. The molecule has 5 nitrogen and oxygen atoms in total. The Bertz CT molecular complexity index is 459. The molecule has 1 aromatic rings. The third-order valence-corrected chi connectivity index (χ3v) is 3.46. The maximum atomic E-state index is 11.6. The van der Waals surface area contributed by atoms with E-state index in [9.17, 15) is 4.79 Å². The largest absolute Gasteiger partial charge is 0.444 e. The molecule has 0 radical (unpaired) electrons. The summed E-state index contributed by atoms with van der Waals surface area (Å²) >= 11 is 0. The smallest absolute Gasteiger partial charge is 0.413 e. The number of carbonyl (C=O) groups excluding carboxylic acids is 1. The summed E-state index contributed by atoms with van der Waals surface area (Å²) < 4.78 is 5.18. The number of ether oxygens (including phenoxy) is 1. The maximum Gasteiger partial charge on any atom is 0.413 e. The predicted molar refractivity (Wildman–Crippen MR) is 84.5 cm³/mol. The number of amides is 1. The van der Waals surface area contributed by atoms with Crippen LogP contribution in [0.5, 0.6) is 0 Å². The van der Waals surface area contributed by atoms with Crippen LogP contribution in [0.25, 0.3) is 0 Å². The van der Waals surface area contributed by atoms with Gasteiger partial charge in [-0.3, -0.25) is 5.32 Å². The topological polar surface area (TPSA) is 63.2 Å². The van der Waals surface area contributed by atoms with Crippen molar-refractivity contribution in [3.8, 4) is 0 Å². The number of nitrogens with zero attached hydrogens (tertiary/aromatic N) is 1. The van der Waals surface area contributed by atoms with Crippen LogP contribution in [0.15, 0.2) is 18.3 Å². The number of anilines is 2. The number of nitrogens with one attached hydrogen (secondary N) is 2. The van der Waals surface area contributed by atoms with Crippen molar-refractivity contribution >= 4 is 17.6 Å². The summed E-state index contributed by atoms with van der Waals surface area (Å²) in [6.45, 7) is 6.49. The van der Waals surface area contributed by atoms with Crippen molar-refractivity contribution in [1.82, 2.24) is 4.98 Å². The van der Waals surface area contributed by atoms with Gasteiger partial charge in [-0.25, -0.2) is 9.78 Å². The van der Waals surface area contributed by atoms with Gasteiger partial charge in [-0.2, -0.15) is 0 Å². The molecule has 1 saturated carbocycles. The Hall–Kier alpha value is -1.78. The van der Waals surface area contributed by atoms with E-state index in [-0.39, 0.29) is 0 Å². The molecule has 0 saturated heterocycles. The van der Waals surface area contributed by atoms with Crippen molar-refractivity contribution in [2.45, 2.75) is 52.1 Å². The van der Waals surface area contributed by atoms with Crippen molar-refractivity contribution in [2.24, 2.45) is 5.92 Å². The molecule has 1 aromatic heterocycles. The molecule has 21 heavy (non-hydrogen) atoms. The van der Waals surface area contributed by atoms with Gasteiger partial charge in [-0.05, 0) is 51.7 Å². The van der Waals surface area contributed by atoms with E-state index in [1.165, 1.54) is 25.7 Å². The molecule has 0 aliphatic heterocycles. The van der Waals surface area contributed by atoms with E-state index in [1.807, 2.05) is 26.8 Å². The van der Waals surface area contributed by atoms with Gasteiger partial charge in [0, 0.05) is 6.54 Å². The maximum absolute atomic E-state index is 11.6. The average molecular weight is 291 g/mol. The highest BCUT2D eigenvalue weighted by Crippen LogP contribution is 2.25. The average Bonchev–Trinajstić information content (AvgIpc) is 2.89. The summed E-state index contributed by atoms with van der Waals surface area (Å²) in [4.78, 5) is 15.8. The van der Waals surface area contributed by atoms with Gasteiger partial charge in [0.05, 0.1) is 11.9 Å². The number of hydrogen-bond donors (Lipinski definition) is 2. The Morgan fingerprint density at radius 3 is 2.62 bits per heavy atom. The van der Waals surface area contributed by atoms with E-state index in [0.29, 0.717) is 5.82 Å². The second-order valence-electron chi connectivity index (χ2n) is 6.59. The molecule has 116 valence electrons. The molecule has 0 unspecified atom stereocenters. The highest BCUT2D eigenvalue weighted by molar-refractivity contribution is 5.83. The molecule has 0 aromatic carbocycles. The van der Waals surface area contributed by atoms with Gasteiger partial charge in [-0.1, -0.05) is 12.8 Å². The Kier molecular flexibility index (Phi) is 5.04. The first-order chi connectivity index (χ1) is 9.92. The summed E-state index contributed by atoms with van der Waals surface area (Å²) in [5, 5.41) is 6.02. The van der Waals surface area contributed by atoms with Crippen LogP contribution in [0.2, 0.25) is 0 Å². The third-order valence-electron chi connectivity index (χ3n) is 3.46. The molecule has 2 rings (SSSR count). The van der Waals surface area contributed by atoms with Crippen LogP contribution in [0.1, 0.15) is 46.5 Å². The molecular formula is C16H25N3O2. The van der Waals surface area contributed by atoms with Crippen molar-refractivity contribution in [3.63, 3.8) is 0 Å². The molecule has 0 spiro atoms. The number of pyridine rings is 1. The zero-order chi connectivity index (χ0) is 15.3. The van der Waals surface area contributed by atoms with Crippen molar-refractivity contribution in [2.75, 3.05) is 17.2 Å². The highest BCUT2D eigenvalue weighted by atomic mass is 16.6. The molecule has 5 heteroatoms. The van der Waals surface area contributed by atoms with E-state index in [1.54, 1.807) is 12.3 Å². The number of rotatable bonds is 4. The van der Waals surface area contributed by atoms with Crippen LogP contribution in [0, 0.1) is 5.92 Å². The minimum absolute atomic E-state index is 0.485. The fourth-order valence-corrected chi connectivity index (χ4v) is 2.46. The predicted octanol–water partition coefficient (Wildman–Crippen LogP) is 4.03. The summed E-state index contributed by atoms with van der Waals surface area (Å²) in [7, 11) is 0. The van der Waals surface area contributed by atoms with E-state index in [0.717, 1.165) is 18.2 Å².